The number of ether oxygens (including phenoxy) is 4. The van der Waals surface area contributed by atoms with Crippen LogP contribution in [0.4, 0.5) is 5.69 Å². The lowest BCUT2D eigenvalue weighted by atomic mass is 10.1. The van der Waals surface area contributed by atoms with Gasteiger partial charge in [0.05, 0.1) is 32.2 Å². The molecule has 0 aromatic heterocycles. The van der Waals surface area contributed by atoms with Gasteiger partial charge in [-0.1, -0.05) is 0 Å². The van der Waals surface area contributed by atoms with Crippen molar-refractivity contribution in [3.63, 3.8) is 0 Å². The molecule has 32 heavy (non-hydrogen) atoms. The first-order valence-corrected chi connectivity index (χ1v) is 11.9. The van der Waals surface area contributed by atoms with Crippen LogP contribution in [-0.4, -0.2) is 54.1 Å². The molecule has 0 unspecified atom stereocenters. The summed E-state index contributed by atoms with van der Waals surface area (Å²) in [7, 11) is -0.694. The summed E-state index contributed by atoms with van der Waals surface area (Å²) in [6.45, 7) is 4.11. The molecule has 0 radical (unpaired) electrons. The zero-order valence-electron chi connectivity index (χ0n) is 18.7. The van der Waals surface area contributed by atoms with Crippen molar-refractivity contribution in [1.29, 1.82) is 0 Å². The number of nitrogens with one attached hydrogen (secondary N) is 1. The Morgan fingerprint density at radius 1 is 1.03 bits per heavy atom. The second-order valence-electron chi connectivity index (χ2n) is 7.40. The maximum Gasteiger partial charge on any atom is 0.244 e. The molecule has 2 aromatic rings. The highest BCUT2D eigenvalue weighted by molar-refractivity contribution is 7.92. The van der Waals surface area contributed by atoms with Crippen molar-refractivity contribution in [1.82, 2.24) is 5.32 Å². The second kappa shape index (κ2) is 9.56. The van der Waals surface area contributed by atoms with E-state index in [0.29, 0.717) is 47.5 Å². The van der Waals surface area contributed by atoms with Crippen LogP contribution in [0.25, 0.3) is 0 Å². The SMILES string of the molecule is COc1ccc(OC)c([C@@H](C)NC(=O)[C@H](C)N(c2ccc3c(c2)OCCO3)S(C)(=O)=O)c1. The first kappa shape index (κ1) is 23.5. The minimum atomic E-state index is -3.78. The summed E-state index contributed by atoms with van der Waals surface area (Å²) in [5.41, 5.74) is 1.02. The Kier molecular flexibility index (Phi) is 7.02. The van der Waals surface area contributed by atoms with Gasteiger partial charge in [0.1, 0.15) is 30.8 Å². The average molecular weight is 465 g/mol. The van der Waals surface area contributed by atoms with E-state index in [4.69, 9.17) is 18.9 Å². The zero-order chi connectivity index (χ0) is 23.5. The number of rotatable bonds is 8. The molecule has 1 aliphatic heterocycles. The Labute approximate surface area is 188 Å². The molecule has 1 N–H and O–H groups in total. The average Bonchev–Trinajstić information content (AvgIpc) is 2.77. The standard InChI is InChI=1S/C22H28N2O7S/c1-14(18-13-17(28-3)7-9-19(18)29-4)23-22(25)15(2)24(32(5,26)27)16-6-8-20-21(12-16)31-11-10-30-20/h6-9,12-15H,10-11H2,1-5H3,(H,23,25)/t14-,15+/m1/s1. The van der Waals surface area contributed by atoms with E-state index in [-0.39, 0.29) is 0 Å². The van der Waals surface area contributed by atoms with Gasteiger partial charge in [-0.3, -0.25) is 9.10 Å². The summed E-state index contributed by atoms with van der Waals surface area (Å²) in [4.78, 5) is 13.1. The maximum atomic E-state index is 13.1. The van der Waals surface area contributed by atoms with Gasteiger partial charge in [-0.2, -0.15) is 0 Å². The summed E-state index contributed by atoms with van der Waals surface area (Å²) < 4.78 is 48.0. The maximum absolute atomic E-state index is 13.1. The molecular formula is C22H28N2O7S. The molecule has 1 aliphatic rings. The minimum Gasteiger partial charge on any atom is -0.497 e. The molecule has 2 atom stereocenters. The fraction of sp³-hybridized carbons (Fsp3) is 0.409. The van der Waals surface area contributed by atoms with E-state index in [9.17, 15) is 13.2 Å². The molecule has 174 valence electrons. The summed E-state index contributed by atoms with van der Waals surface area (Å²) in [6, 6.07) is 8.58. The van der Waals surface area contributed by atoms with E-state index in [2.05, 4.69) is 5.32 Å². The highest BCUT2D eigenvalue weighted by atomic mass is 32.2. The monoisotopic (exact) mass is 464 g/mol. The number of hydrogen-bond acceptors (Lipinski definition) is 7. The fourth-order valence-corrected chi connectivity index (χ4v) is 4.73. The number of anilines is 1. The lowest BCUT2D eigenvalue weighted by molar-refractivity contribution is -0.122. The van der Waals surface area contributed by atoms with Crippen LogP contribution < -0.4 is 28.6 Å². The Hall–Kier alpha value is -3.14. The predicted octanol–water partition coefficient (Wildman–Crippen LogP) is 2.51. The Morgan fingerprint density at radius 3 is 2.34 bits per heavy atom. The molecule has 1 heterocycles. The molecule has 2 aromatic carbocycles. The third-order valence-electron chi connectivity index (χ3n) is 5.13. The molecule has 1 amide bonds. The molecule has 3 rings (SSSR count). The number of nitrogens with zero attached hydrogens (tertiary/aromatic N) is 1. The number of hydrogen-bond donors (Lipinski definition) is 1. The molecule has 10 heteroatoms. The summed E-state index contributed by atoms with van der Waals surface area (Å²) >= 11 is 0. The van der Waals surface area contributed by atoms with Crippen LogP contribution in [0.2, 0.25) is 0 Å². The van der Waals surface area contributed by atoms with Gasteiger partial charge in [0, 0.05) is 11.6 Å². The van der Waals surface area contributed by atoms with E-state index < -0.39 is 28.0 Å². The lowest BCUT2D eigenvalue weighted by Gasteiger charge is -2.30. The number of benzene rings is 2. The molecule has 0 bridgehead atoms. The number of methoxy groups -OCH3 is 2. The van der Waals surface area contributed by atoms with Crippen LogP contribution in [-0.2, 0) is 14.8 Å². The van der Waals surface area contributed by atoms with Gasteiger partial charge in [0.25, 0.3) is 0 Å². The Bertz CT molecular complexity index is 1090. The summed E-state index contributed by atoms with van der Waals surface area (Å²) in [5, 5.41) is 2.87. The fourth-order valence-electron chi connectivity index (χ4n) is 3.57. The Balaban J connectivity index is 1.86. The number of sulfonamides is 1. The van der Waals surface area contributed by atoms with Crippen molar-refractivity contribution in [3.8, 4) is 23.0 Å². The van der Waals surface area contributed by atoms with Crippen LogP contribution in [0.5, 0.6) is 23.0 Å². The molecule has 0 saturated carbocycles. The molecule has 0 aliphatic carbocycles. The van der Waals surface area contributed by atoms with E-state index in [1.165, 1.54) is 14.0 Å². The molecule has 9 nitrogen and oxygen atoms in total. The van der Waals surface area contributed by atoms with Gasteiger partial charge in [0.15, 0.2) is 11.5 Å². The van der Waals surface area contributed by atoms with Crippen molar-refractivity contribution < 1.29 is 32.2 Å². The highest BCUT2D eigenvalue weighted by Crippen LogP contribution is 2.35. The largest absolute Gasteiger partial charge is 0.497 e. The third kappa shape index (κ3) is 5.01. The predicted molar refractivity (Wildman–Crippen MR) is 120 cm³/mol. The van der Waals surface area contributed by atoms with E-state index >= 15 is 0 Å². The van der Waals surface area contributed by atoms with E-state index in [1.54, 1.807) is 50.4 Å². The van der Waals surface area contributed by atoms with Crippen LogP contribution >= 0.6 is 0 Å². The Morgan fingerprint density at radius 2 is 1.72 bits per heavy atom. The van der Waals surface area contributed by atoms with Crippen molar-refractivity contribution in [2.75, 3.05) is 38.0 Å². The van der Waals surface area contributed by atoms with Crippen LogP contribution in [0.3, 0.4) is 0 Å². The van der Waals surface area contributed by atoms with Crippen molar-refractivity contribution in [3.05, 3.63) is 42.0 Å². The van der Waals surface area contributed by atoms with Gasteiger partial charge < -0.3 is 24.3 Å². The van der Waals surface area contributed by atoms with Gasteiger partial charge >= 0.3 is 0 Å². The van der Waals surface area contributed by atoms with Gasteiger partial charge in [-0.05, 0) is 44.2 Å². The van der Waals surface area contributed by atoms with Crippen molar-refractivity contribution in [2.24, 2.45) is 0 Å². The number of fused-ring (bicyclic) bond motifs is 1. The van der Waals surface area contributed by atoms with Crippen molar-refractivity contribution >= 4 is 21.6 Å². The van der Waals surface area contributed by atoms with Gasteiger partial charge in [-0.25, -0.2) is 8.42 Å². The first-order valence-electron chi connectivity index (χ1n) is 10.1. The first-order chi connectivity index (χ1) is 15.2. The zero-order valence-corrected chi connectivity index (χ0v) is 19.6. The summed E-state index contributed by atoms with van der Waals surface area (Å²) in [6.07, 6.45) is 1.06. The van der Waals surface area contributed by atoms with E-state index in [0.717, 1.165) is 10.6 Å². The smallest absolute Gasteiger partial charge is 0.244 e. The molecule has 0 saturated heterocycles. The highest BCUT2D eigenvalue weighted by Gasteiger charge is 2.31. The normalized spacial score (nSPS) is 14.8. The molecule has 0 fully saturated rings. The number of amides is 1. The molecule has 0 spiro atoms. The van der Waals surface area contributed by atoms with Crippen LogP contribution in [0, 0.1) is 0 Å². The van der Waals surface area contributed by atoms with Gasteiger partial charge in [0.2, 0.25) is 15.9 Å². The van der Waals surface area contributed by atoms with Gasteiger partial charge in [-0.15, -0.1) is 0 Å². The third-order valence-corrected chi connectivity index (χ3v) is 6.37. The quantitative estimate of drug-likeness (QED) is 0.640. The lowest BCUT2D eigenvalue weighted by Crippen LogP contribution is -2.48. The molecular weight excluding hydrogens is 436 g/mol. The van der Waals surface area contributed by atoms with Crippen molar-refractivity contribution in [2.45, 2.75) is 25.9 Å². The van der Waals surface area contributed by atoms with E-state index in [1.807, 2.05) is 0 Å². The van der Waals surface area contributed by atoms with Crippen LogP contribution in [0.15, 0.2) is 36.4 Å². The second-order valence-corrected chi connectivity index (χ2v) is 9.26. The van der Waals surface area contributed by atoms with Crippen LogP contribution in [0.1, 0.15) is 25.5 Å². The summed E-state index contributed by atoms with van der Waals surface area (Å²) in [5.74, 6) is 1.69. The topological polar surface area (TPSA) is 103 Å². The number of carbonyl (C=O) groups is 1. The number of carbonyl (C=O) groups excluding carboxylic acids is 1. The minimum absolute atomic E-state index is 0.311.